The number of nitrogens with zero attached hydrogens (tertiary/aromatic N) is 1. The van der Waals surface area contributed by atoms with Gasteiger partial charge in [-0.25, -0.2) is 0 Å². The lowest BCUT2D eigenvalue weighted by Crippen LogP contribution is -2.49. The van der Waals surface area contributed by atoms with E-state index in [4.69, 9.17) is 0 Å². The van der Waals surface area contributed by atoms with Gasteiger partial charge in [-0.3, -0.25) is 4.90 Å². The number of nitrogens with one attached hydrogen (secondary N) is 1. The minimum absolute atomic E-state index is 0. The number of halogens is 1. The second-order valence-electron chi connectivity index (χ2n) is 4.04. The molecule has 0 unspecified atom stereocenters. The molecule has 1 N–H and O–H groups in total. The van der Waals surface area contributed by atoms with Crippen molar-refractivity contribution in [2.24, 2.45) is 0 Å². The fourth-order valence-corrected chi connectivity index (χ4v) is 2.80. The zero-order valence-corrected chi connectivity index (χ0v) is 11.0. The van der Waals surface area contributed by atoms with Gasteiger partial charge < -0.3 is 5.32 Å². The molecule has 0 radical (unpaired) electrons. The van der Waals surface area contributed by atoms with Crippen LogP contribution < -0.4 is 5.32 Å². The van der Waals surface area contributed by atoms with E-state index in [0.717, 1.165) is 19.6 Å². The minimum Gasteiger partial charge on any atom is -0.314 e. The molecule has 0 aromatic carbocycles. The molecule has 4 heteroatoms. The van der Waals surface area contributed by atoms with Crippen molar-refractivity contribution in [3.8, 4) is 0 Å². The van der Waals surface area contributed by atoms with Crippen LogP contribution in [-0.2, 0) is 6.54 Å². The van der Waals surface area contributed by atoms with Gasteiger partial charge in [0.25, 0.3) is 0 Å². The quantitative estimate of drug-likeness (QED) is 0.862. The van der Waals surface area contributed by atoms with Gasteiger partial charge in [-0.2, -0.15) is 0 Å². The van der Waals surface area contributed by atoms with Crippen molar-refractivity contribution >= 4 is 23.7 Å². The number of hydrogen-bond acceptors (Lipinski definition) is 3. The first kappa shape index (κ1) is 13.0. The highest BCUT2D eigenvalue weighted by atomic mass is 35.5. The summed E-state index contributed by atoms with van der Waals surface area (Å²) in [4.78, 5) is 5.47. The van der Waals surface area contributed by atoms with E-state index in [2.05, 4.69) is 36.2 Å². The lowest BCUT2D eigenvalue weighted by atomic mass is 10.2. The van der Waals surface area contributed by atoms with Crippen LogP contribution in [0.15, 0.2) is 12.1 Å². The zero-order chi connectivity index (χ0) is 9.97. The van der Waals surface area contributed by atoms with Gasteiger partial charge in [0.1, 0.15) is 0 Å². The van der Waals surface area contributed by atoms with E-state index < -0.39 is 0 Å². The Hall–Kier alpha value is -0.0900. The van der Waals surface area contributed by atoms with Crippen LogP contribution in [0.25, 0.3) is 0 Å². The molecule has 15 heavy (non-hydrogen) atoms. The van der Waals surface area contributed by atoms with E-state index >= 15 is 0 Å². The number of thiophene rings is 1. The first-order chi connectivity index (χ1) is 6.75. The Morgan fingerprint density at radius 3 is 2.93 bits per heavy atom. The molecule has 0 saturated carbocycles. The number of piperazine rings is 1. The van der Waals surface area contributed by atoms with E-state index in [-0.39, 0.29) is 12.4 Å². The molecule has 0 aliphatic carbocycles. The highest BCUT2D eigenvalue weighted by Crippen LogP contribution is 2.18. The van der Waals surface area contributed by atoms with Gasteiger partial charge in [-0.1, -0.05) is 0 Å². The van der Waals surface area contributed by atoms with Crippen LogP contribution in [0.2, 0.25) is 0 Å². The molecule has 1 aromatic rings. The van der Waals surface area contributed by atoms with Crippen LogP contribution in [-0.4, -0.2) is 30.6 Å². The molecule has 1 atom stereocenters. The van der Waals surface area contributed by atoms with Crippen molar-refractivity contribution in [2.75, 3.05) is 19.6 Å². The zero-order valence-electron chi connectivity index (χ0n) is 9.32. The Morgan fingerprint density at radius 1 is 1.53 bits per heavy atom. The molecule has 0 amide bonds. The van der Waals surface area contributed by atoms with Gasteiger partial charge in [-0.05, 0) is 26.0 Å². The van der Waals surface area contributed by atoms with Crippen LogP contribution >= 0.6 is 23.7 Å². The van der Waals surface area contributed by atoms with Crippen LogP contribution in [0.1, 0.15) is 16.7 Å². The lowest BCUT2D eigenvalue weighted by Gasteiger charge is -2.33. The summed E-state index contributed by atoms with van der Waals surface area (Å²) in [6.45, 7) is 9.04. The highest BCUT2D eigenvalue weighted by molar-refractivity contribution is 7.11. The highest BCUT2D eigenvalue weighted by Gasteiger charge is 2.17. The van der Waals surface area contributed by atoms with Crippen molar-refractivity contribution in [3.63, 3.8) is 0 Å². The van der Waals surface area contributed by atoms with E-state index in [0.29, 0.717) is 6.04 Å². The molecule has 86 valence electrons. The van der Waals surface area contributed by atoms with E-state index in [9.17, 15) is 0 Å². The van der Waals surface area contributed by atoms with Crippen molar-refractivity contribution < 1.29 is 0 Å². The van der Waals surface area contributed by atoms with Crippen LogP contribution in [0, 0.1) is 6.92 Å². The van der Waals surface area contributed by atoms with Crippen molar-refractivity contribution in [1.82, 2.24) is 10.2 Å². The Kier molecular flexibility index (Phi) is 5.06. The molecular weight excluding hydrogens is 228 g/mol. The van der Waals surface area contributed by atoms with Gasteiger partial charge in [0, 0.05) is 42.0 Å². The predicted molar refractivity (Wildman–Crippen MR) is 69.0 cm³/mol. The fraction of sp³-hybridized carbons (Fsp3) is 0.636. The van der Waals surface area contributed by atoms with E-state index in [1.54, 1.807) is 0 Å². The van der Waals surface area contributed by atoms with E-state index in [1.807, 2.05) is 11.3 Å². The fourth-order valence-electron chi connectivity index (χ4n) is 1.89. The van der Waals surface area contributed by atoms with Gasteiger partial charge in [0.05, 0.1) is 0 Å². The van der Waals surface area contributed by atoms with Crippen molar-refractivity contribution in [1.29, 1.82) is 0 Å². The average molecular weight is 247 g/mol. The molecule has 1 saturated heterocycles. The van der Waals surface area contributed by atoms with Crippen molar-refractivity contribution in [2.45, 2.75) is 26.4 Å². The Labute approximate surface area is 102 Å². The molecule has 0 bridgehead atoms. The summed E-state index contributed by atoms with van der Waals surface area (Å²) in [7, 11) is 0. The molecule has 1 aromatic heterocycles. The number of hydrogen-bond donors (Lipinski definition) is 1. The summed E-state index contributed by atoms with van der Waals surface area (Å²) < 4.78 is 0. The average Bonchev–Trinajstić information content (AvgIpc) is 2.56. The van der Waals surface area contributed by atoms with Crippen LogP contribution in [0.3, 0.4) is 0 Å². The Bertz CT molecular complexity index is 301. The smallest absolute Gasteiger partial charge is 0.0331 e. The molecule has 1 fully saturated rings. The third-order valence-corrected chi connectivity index (χ3v) is 3.78. The first-order valence-electron chi connectivity index (χ1n) is 5.26. The van der Waals surface area contributed by atoms with Gasteiger partial charge >= 0.3 is 0 Å². The van der Waals surface area contributed by atoms with Gasteiger partial charge in [0.2, 0.25) is 0 Å². The van der Waals surface area contributed by atoms with Crippen LogP contribution in [0.5, 0.6) is 0 Å². The summed E-state index contributed by atoms with van der Waals surface area (Å²) in [5.41, 5.74) is 0. The maximum atomic E-state index is 3.42. The molecule has 2 rings (SSSR count). The summed E-state index contributed by atoms with van der Waals surface area (Å²) >= 11 is 1.92. The molecular formula is C11H19ClN2S. The topological polar surface area (TPSA) is 15.3 Å². The Balaban J connectivity index is 0.00000112. The summed E-state index contributed by atoms with van der Waals surface area (Å²) in [5, 5.41) is 3.42. The van der Waals surface area contributed by atoms with Gasteiger partial charge in [0.15, 0.2) is 0 Å². The molecule has 2 nitrogen and oxygen atoms in total. The maximum Gasteiger partial charge on any atom is 0.0331 e. The number of aryl methyl sites for hydroxylation is 1. The van der Waals surface area contributed by atoms with Gasteiger partial charge in [-0.15, -0.1) is 23.7 Å². The van der Waals surface area contributed by atoms with Crippen LogP contribution in [0.4, 0.5) is 0 Å². The van der Waals surface area contributed by atoms with E-state index in [1.165, 1.54) is 16.3 Å². The molecule has 0 spiro atoms. The predicted octanol–water partition coefficient (Wildman–Crippen LogP) is 2.27. The second kappa shape index (κ2) is 5.85. The maximum absolute atomic E-state index is 3.42. The SMILES string of the molecule is Cc1ccc(CN2CCNC[C@@H]2C)s1.Cl. The minimum atomic E-state index is 0. The summed E-state index contributed by atoms with van der Waals surface area (Å²) in [6, 6.07) is 5.15. The largest absolute Gasteiger partial charge is 0.314 e. The summed E-state index contributed by atoms with van der Waals surface area (Å²) in [5.74, 6) is 0. The molecule has 1 aliphatic rings. The third-order valence-electron chi connectivity index (χ3n) is 2.79. The molecule has 2 heterocycles. The lowest BCUT2D eigenvalue weighted by molar-refractivity contribution is 0.167. The monoisotopic (exact) mass is 246 g/mol. The normalized spacial score (nSPS) is 22.4. The van der Waals surface area contributed by atoms with Crippen molar-refractivity contribution in [3.05, 3.63) is 21.9 Å². The third kappa shape index (κ3) is 3.45. The summed E-state index contributed by atoms with van der Waals surface area (Å²) in [6.07, 6.45) is 0. The molecule has 1 aliphatic heterocycles. The second-order valence-corrected chi connectivity index (χ2v) is 5.41. The number of rotatable bonds is 2. The first-order valence-corrected chi connectivity index (χ1v) is 6.07. The Morgan fingerprint density at radius 2 is 2.33 bits per heavy atom. The standard InChI is InChI=1S/C11H18N2S.ClH/c1-9-7-12-5-6-13(9)8-11-4-3-10(2)14-11;/h3-4,9,12H,5-8H2,1-2H3;1H/t9-;/m0./s1.